The van der Waals surface area contributed by atoms with E-state index in [1.54, 1.807) is 6.21 Å². The number of para-hydroxylation sites is 1. The third-order valence-electron chi connectivity index (χ3n) is 4.26. The molecule has 0 fully saturated rings. The quantitative estimate of drug-likeness (QED) is 0.195. The monoisotopic (exact) mass is 563 g/mol. The van der Waals surface area contributed by atoms with Gasteiger partial charge in [-0.05, 0) is 77.0 Å². The van der Waals surface area contributed by atoms with E-state index in [4.69, 9.17) is 21.1 Å². The molecular weight excluding hydrogens is 541 g/mol. The molecule has 166 valence electrons. The van der Waals surface area contributed by atoms with Crippen LogP contribution in [0.5, 0.6) is 11.5 Å². The van der Waals surface area contributed by atoms with E-state index in [9.17, 15) is 4.79 Å². The first kappa shape index (κ1) is 23.9. The molecule has 0 aliphatic rings. The molecule has 1 amide bonds. The maximum Gasteiger partial charge on any atom is 0.259 e. The van der Waals surface area contributed by atoms with E-state index in [1.165, 1.54) is 0 Å². The molecule has 0 radical (unpaired) electrons. The minimum absolute atomic E-state index is 0.126. The van der Waals surface area contributed by atoms with Crippen LogP contribution in [0.15, 0.2) is 71.8 Å². The number of nitrogens with one attached hydrogen (secondary N) is 2. The zero-order valence-electron chi connectivity index (χ0n) is 17.5. The molecule has 0 bridgehead atoms. The molecule has 3 rings (SSSR count). The van der Waals surface area contributed by atoms with Crippen LogP contribution in [-0.2, 0) is 11.4 Å². The van der Waals surface area contributed by atoms with Crippen molar-refractivity contribution in [3.63, 3.8) is 0 Å². The smallest absolute Gasteiger partial charge is 0.259 e. The molecule has 0 aromatic heterocycles. The highest BCUT2D eigenvalue weighted by Crippen LogP contribution is 2.34. The molecule has 0 saturated carbocycles. The van der Waals surface area contributed by atoms with E-state index in [1.807, 2.05) is 73.7 Å². The van der Waals surface area contributed by atoms with Crippen LogP contribution in [0.25, 0.3) is 0 Å². The minimum Gasteiger partial charge on any atom is -0.490 e. The van der Waals surface area contributed by atoms with Gasteiger partial charge in [0.05, 0.1) is 22.9 Å². The predicted molar refractivity (Wildman–Crippen MR) is 137 cm³/mol. The first-order chi connectivity index (χ1) is 15.5. The Bertz CT molecular complexity index is 1060. The fraction of sp³-hybridized carbons (Fsp3) is 0.167. The summed E-state index contributed by atoms with van der Waals surface area (Å²) in [6.07, 6.45) is 1.58. The number of ether oxygens (including phenoxy) is 2. The van der Waals surface area contributed by atoms with Crippen LogP contribution in [0.4, 0.5) is 5.69 Å². The molecule has 0 unspecified atom stereocenters. The molecule has 0 atom stereocenters. The lowest BCUT2D eigenvalue weighted by Crippen LogP contribution is -2.25. The average molecular weight is 564 g/mol. The zero-order chi connectivity index (χ0) is 22.8. The lowest BCUT2D eigenvalue weighted by molar-refractivity contribution is -0.119. The predicted octanol–water partition coefficient (Wildman–Crippen LogP) is 5.48. The van der Waals surface area contributed by atoms with Crippen LogP contribution < -0.4 is 20.2 Å². The SMILES string of the molecule is CCOc1cc(/C=N\NC(=O)CNc2ccccc2)cc(I)c1OCc1ccc(Cl)cc1. The van der Waals surface area contributed by atoms with Crippen molar-refractivity contribution in [3.05, 3.63) is 86.4 Å². The lowest BCUT2D eigenvalue weighted by atomic mass is 10.2. The molecule has 0 aliphatic carbocycles. The first-order valence-electron chi connectivity index (χ1n) is 9.99. The third-order valence-corrected chi connectivity index (χ3v) is 5.31. The number of benzene rings is 3. The van der Waals surface area contributed by atoms with Gasteiger partial charge in [0.1, 0.15) is 6.61 Å². The Hall–Kier alpha value is -2.78. The molecule has 32 heavy (non-hydrogen) atoms. The summed E-state index contributed by atoms with van der Waals surface area (Å²) in [7, 11) is 0. The van der Waals surface area contributed by atoms with Gasteiger partial charge in [-0.15, -0.1) is 0 Å². The summed E-state index contributed by atoms with van der Waals surface area (Å²) in [6, 6.07) is 20.8. The first-order valence-corrected chi connectivity index (χ1v) is 11.4. The van der Waals surface area contributed by atoms with Gasteiger partial charge in [0, 0.05) is 10.7 Å². The second kappa shape index (κ2) is 12.3. The number of anilines is 1. The number of carbonyl (C=O) groups is 1. The molecule has 6 nitrogen and oxygen atoms in total. The van der Waals surface area contributed by atoms with E-state index in [2.05, 4.69) is 38.4 Å². The van der Waals surface area contributed by atoms with Gasteiger partial charge in [-0.2, -0.15) is 5.10 Å². The average Bonchev–Trinajstić information content (AvgIpc) is 2.79. The van der Waals surface area contributed by atoms with E-state index in [-0.39, 0.29) is 12.5 Å². The highest BCUT2D eigenvalue weighted by molar-refractivity contribution is 14.1. The summed E-state index contributed by atoms with van der Waals surface area (Å²) >= 11 is 8.14. The van der Waals surface area contributed by atoms with E-state index in [0.29, 0.717) is 29.7 Å². The van der Waals surface area contributed by atoms with Crippen LogP contribution in [-0.4, -0.2) is 25.3 Å². The molecule has 0 aliphatic heterocycles. The van der Waals surface area contributed by atoms with Gasteiger partial charge in [0.15, 0.2) is 11.5 Å². The Morgan fingerprint density at radius 1 is 1.09 bits per heavy atom. The summed E-state index contributed by atoms with van der Waals surface area (Å²) < 4.78 is 12.7. The van der Waals surface area contributed by atoms with Crippen molar-refractivity contribution in [2.75, 3.05) is 18.5 Å². The van der Waals surface area contributed by atoms with Crippen molar-refractivity contribution in [3.8, 4) is 11.5 Å². The summed E-state index contributed by atoms with van der Waals surface area (Å²) in [5.41, 5.74) is 5.18. The largest absolute Gasteiger partial charge is 0.490 e. The Balaban J connectivity index is 1.61. The highest BCUT2D eigenvalue weighted by atomic mass is 127. The van der Waals surface area contributed by atoms with Gasteiger partial charge in [0.2, 0.25) is 0 Å². The Morgan fingerprint density at radius 3 is 2.56 bits per heavy atom. The number of amides is 1. The van der Waals surface area contributed by atoms with Gasteiger partial charge >= 0.3 is 0 Å². The zero-order valence-corrected chi connectivity index (χ0v) is 20.4. The van der Waals surface area contributed by atoms with E-state index >= 15 is 0 Å². The van der Waals surface area contributed by atoms with Crippen molar-refractivity contribution in [2.24, 2.45) is 5.10 Å². The van der Waals surface area contributed by atoms with Crippen molar-refractivity contribution < 1.29 is 14.3 Å². The van der Waals surface area contributed by atoms with Gasteiger partial charge in [-0.3, -0.25) is 4.79 Å². The second-order valence-electron chi connectivity index (χ2n) is 6.69. The molecule has 8 heteroatoms. The van der Waals surface area contributed by atoms with Gasteiger partial charge in [-0.1, -0.05) is 41.9 Å². The Kier molecular flexibility index (Phi) is 9.18. The Labute approximate surface area is 206 Å². The molecular formula is C24H23ClIN3O3. The van der Waals surface area contributed by atoms with Crippen LogP contribution >= 0.6 is 34.2 Å². The number of hydrogen-bond donors (Lipinski definition) is 2. The Morgan fingerprint density at radius 2 is 1.84 bits per heavy atom. The van der Waals surface area contributed by atoms with Crippen molar-refractivity contribution in [1.82, 2.24) is 5.43 Å². The van der Waals surface area contributed by atoms with Crippen LogP contribution in [0.3, 0.4) is 0 Å². The lowest BCUT2D eigenvalue weighted by Gasteiger charge is -2.15. The number of hydrazone groups is 1. The number of rotatable bonds is 10. The standard InChI is InChI=1S/C24H23ClIN3O3/c1-2-31-22-13-18(14-28-29-23(30)15-27-20-6-4-3-5-7-20)12-21(26)24(22)32-16-17-8-10-19(25)11-9-17/h3-14,27H,2,15-16H2,1H3,(H,29,30)/b28-14-. The van der Waals surface area contributed by atoms with Gasteiger partial charge < -0.3 is 14.8 Å². The number of hydrogen-bond acceptors (Lipinski definition) is 5. The third kappa shape index (κ3) is 7.42. The summed E-state index contributed by atoms with van der Waals surface area (Å²) in [4.78, 5) is 12.0. The van der Waals surface area contributed by atoms with Crippen molar-refractivity contribution in [2.45, 2.75) is 13.5 Å². The molecule has 0 saturated heterocycles. The second-order valence-corrected chi connectivity index (χ2v) is 8.29. The summed E-state index contributed by atoms with van der Waals surface area (Å²) in [5.74, 6) is 1.04. The van der Waals surface area contributed by atoms with E-state index in [0.717, 1.165) is 20.4 Å². The maximum absolute atomic E-state index is 12.0. The molecule has 3 aromatic rings. The van der Waals surface area contributed by atoms with E-state index < -0.39 is 0 Å². The van der Waals surface area contributed by atoms with Gasteiger partial charge in [0.25, 0.3) is 5.91 Å². The molecule has 2 N–H and O–H groups in total. The fourth-order valence-corrected chi connectivity index (χ4v) is 3.67. The number of nitrogens with zero attached hydrogens (tertiary/aromatic N) is 1. The fourth-order valence-electron chi connectivity index (χ4n) is 2.76. The normalized spacial score (nSPS) is 10.7. The minimum atomic E-state index is -0.243. The van der Waals surface area contributed by atoms with Gasteiger partial charge in [-0.25, -0.2) is 5.43 Å². The topological polar surface area (TPSA) is 72.0 Å². The summed E-state index contributed by atoms with van der Waals surface area (Å²) in [5, 5.41) is 7.77. The van der Waals surface area contributed by atoms with Crippen molar-refractivity contribution in [1.29, 1.82) is 0 Å². The summed E-state index contributed by atoms with van der Waals surface area (Å²) in [6.45, 7) is 2.93. The van der Waals surface area contributed by atoms with Crippen molar-refractivity contribution >= 4 is 52.0 Å². The molecule has 0 heterocycles. The molecule has 3 aromatic carbocycles. The van der Waals surface area contributed by atoms with Crippen LogP contribution in [0.2, 0.25) is 5.02 Å². The highest BCUT2D eigenvalue weighted by Gasteiger charge is 2.12. The number of carbonyl (C=O) groups excluding carboxylic acids is 1. The molecule has 0 spiro atoms. The van der Waals surface area contributed by atoms with Crippen LogP contribution in [0, 0.1) is 3.57 Å². The van der Waals surface area contributed by atoms with Crippen LogP contribution in [0.1, 0.15) is 18.1 Å². The number of halogens is 2. The maximum atomic E-state index is 12.0.